The van der Waals surface area contributed by atoms with Gasteiger partial charge in [0.2, 0.25) is 0 Å². The molecule has 0 amide bonds. The second kappa shape index (κ2) is 8.32. The summed E-state index contributed by atoms with van der Waals surface area (Å²) in [5.74, 6) is 3.08. The Bertz CT molecular complexity index is 760. The predicted octanol–water partition coefficient (Wildman–Crippen LogP) is 3.74. The molecule has 3 rings (SSSR count). The first-order chi connectivity index (χ1) is 12.7. The predicted molar refractivity (Wildman–Crippen MR) is 102 cm³/mol. The highest BCUT2D eigenvalue weighted by molar-refractivity contribution is 5.53. The number of hydrogen-bond donors (Lipinski definition) is 1. The number of ether oxygens (including phenoxy) is 4. The Balaban J connectivity index is 2.02. The standard InChI is InChI=1S/C21H27NO4/c1-5-25-17-8-7-15(12-20(17)26-6-2)21-16-13-19(24-4)18(23-3)11-14(16)9-10-22-21/h7-8,11-13,21-22H,5-6,9-10H2,1-4H3/t21-/m0/s1. The Hall–Kier alpha value is -2.40. The summed E-state index contributed by atoms with van der Waals surface area (Å²) in [6.07, 6.45) is 0.960. The first-order valence-electron chi connectivity index (χ1n) is 9.09. The molecule has 1 N–H and O–H groups in total. The average Bonchev–Trinajstić information content (AvgIpc) is 2.68. The molecule has 0 bridgehead atoms. The molecule has 0 unspecified atom stereocenters. The Kier molecular flexibility index (Phi) is 5.89. The first kappa shape index (κ1) is 18.4. The van der Waals surface area contributed by atoms with Crippen LogP contribution in [-0.4, -0.2) is 34.0 Å². The SMILES string of the molecule is CCOc1ccc([C@@H]2NCCc3cc(OC)c(OC)cc32)cc1OCC. The van der Waals surface area contributed by atoms with Crippen LogP contribution in [0.3, 0.4) is 0 Å². The molecule has 1 aliphatic heterocycles. The fraction of sp³-hybridized carbons (Fsp3) is 0.429. The van der Waals surface area contributed by atoms with Crippen LogP contribution < -0.4 is 24.3 Å². The van der Waals surface area contributed by atoms with Crippen LogP contribution in [0.25, 0.3) is 0 Å². The summed E-state index contributed by atoms with van der Waals surface area (Å²) in [6, 6.07) is 10.4. The monoisotopic (exact) mass is 357 g/mol. The van der Waals surface area contributed by atoms with Gasteiger partial charge < -0.3 is 24.3 Å². The van der Waals surface area contributed by atoms with E-state index in [0.717, 1.165) is 41.5 Å². The molecule has 2 aromatic carbocycles. The van der Waals surface area contributed by atoms with Crippen molar-refractivity contribution < 1.29 is 18.9 Å². The van der Waals surface area contributed by atoms with Crippen LogP contribution in [-0.2, 0) is 6.42 Å². The van der Waals surface area contributed by atoms with E-state index in [1.54, 1.807) is 14.2 Å². The molecule has 2 aromatic rings. The summed E-state index contributed by atoms with van der Waals surface area (Å²) in [4.78, 5) is 0. The molecule has 1 aliphatic rings. The van der Waals surface area contributed by atoms with Crippen LogP contribution in [0.1, 0.15) is 36.6 Å². The molecule has 5 heteroatoms. The lowest BCUT2D eigenvalue weighted by molar-refractivity contribution is 0.287. The molecular formula is C21H27NO4. The highest BCUT2D eigenvalue weighted by Gasteiger charge is 2.25. The van der Waals surface area contributed by atoms with Crippen molar-refractivity contribution in [1.29, 1.82) is 0 Å². The third kappa shape index (κ3) is 3.58. The number of rotatable bonds is 7. The first-order valence-corrected chi connectivity index (χ1v) is 9.09. The molecule has 0 fully saturated rings. The maximum atomic E-state index is 5.79. The van der Waals surface area contributed by atoms with E-state index >= 15 is 0 Å². The van der Waals surface area contributed by atoms with E-state index in [1.165, 1.54) is 11.1 Å². The Morgan fingerprint density at radius 3 is 2.27 bits per heavy atom. The zero-order valence-corrected chi connectivity index (χ0v) is 15.9. The number of hydrogen-bond acceptors (Lipinski definition) is 5. The maximum Gasteiger partial charge on any atom is 0.161 e. The number of methoxy groups -OCH3 is 2. The van der Waals surface area contributed by atoms with Crippen molar-refractivity contribution >= 4 is 0 Å². The molecule has 0 aromatic heterocycles. The van der Waals surface area contributed by atoms with Crippen molar-refractivity contribution in [3.05, 3.63) is 47.0 Å². The van der Waals surface area contributed by atoms with Crippen LogP contribution in [0.15, 0.2) is 30.3 Å². The van der Waals surface area contributed by atoms with Crippen molar-refractivity contribution in [3.8, 4) is 23.0 Å². The summed E-state index contributed by atoms with van der Waals surface area (Å²) in [6.45, 7) is 6.07. The molecule has 0 radical (unpaired) electrons. The van der Waals surface area contributed by atoms with Crippen molar-refractivity contribution in [2.75, 3.05) is 34.0 Å². The normalized spacial score (nSPS) is 15.9. The third-order valence-corrected chi connectivity index (χ3v) is 4.60. The molecule has 140 valence electrons. The van der Waals surface area contributed by atoms with Gasteiger partial charge in [0.15, 0.2) is 23.0 Å². The molecular weight excluding hydrogens is 330 g/mol. The van der Waals surface area contributed by atoms with E-state index in [0.29, 0.717) is 13.2 Å². The molecule has 0 aliphatic carbocycles. The zero-order chi connectivity index (χ0) is 18.5. The summed E-state index contributed by atoms with van der Waals surface area (Å²) < 4.78 is 22.4. The summed E-state index contributed by atoms with van der Waals surface area (Å²) in [5, 5.41) is 3.61. The lowest BCUT2D eigenvalue weighted by Gasteiger charge is -2.29. The second-order valence-corrected chi connectivity index (χ2v) is 6.12. The fourth-order valence-electron chi connectivity index (χ4n) is 3.43. The van der Waals surface area contributed by atoms with Crippen molar-refractivity contribution in [2.24, 2.45) is 0 Å². The molecule has 5 nitrogen and oxygen atoms in total. The van der Waals surface area contributed by atoms with E-state index in [4.69, 9.17) is 18.9 Å². The molecule has 1 heterocycles. The average molecular weight is 357 g/mol. The summed E-state index contributed by atoms with van der Waals surface area (Å²) >= 11 is 0. The molecule has 0 spiro atoms. The topological polar surface area (TPSA) is 49.0 Å². The highest BCUT2D eigenvalue weighted by atomic mass is 16.5. The lowest BCUT2D eigenvalue weighted by Crippen LogP contribution is -2.30. The van der Waals surface area contributed by atoms with E-state index in [9.17, 15) is 0 Å². The van der Waals surface area contributed by atoms with Gasteiger partial charge in [0.05, 0.1) is 33.5 Å². The smallest absolute Gasteiger partial charge is 0.161 e. The molecule has 0 saturated carbocycles. The van der Waals surface area contributed by atoms with E-state index in [2.05, 4.69) is 29.6 Å². The van der Waals surface area contributed by atoms with Gasteiger partial charge in [-0.05, 0) is 61.2 Å². The van der Waals surface area contributed by atoms with Crippen LogP contribution in [0.4, 0.5) is 0 Å². The quantitative estimate of drug-likeness (QED) is 0.818. The van der Waals surface area contributed by atoms with Crippen molar-refractivity contribution in [1.82, 2.24) is 5.32 Å². The van der Waals surface area contributed by atoms with E-state index in [1.807, 2.05) is 19.9 Å². The van der Waals surface area contributed by atoms with Gasteiger partial charge in [-0.15, -0.1) is 0 Å². The van der Waals surface area contributed by atoms with Crippen LogP contribution in [0.5, 0.6) is 23.0 Å². The number of fused-ring (bicyclic) bond motifs is 1. The van der Waals surface area contributed by atoms with Crippen LogP contribution in [0.2, 0.25) is 0 Å². The van der Waals surface area contributed by atoms with Gasteiger partial charge in [0.1, 0.15) is 0 Å². The zero-order valence-electron chi connectivity index (χ0n) is 15.9. The van der Waals surface area contributed by atoms with Gasteiger partial charge in [-0.1, -0.05) is 6.07 Å². The highest BCUT2D eigenvalue weighted by Crippen LogP contribution is 2.39. The van der Waals surface area contributed by atoms with Crippen molar-refractivity contribution in [3.63, 3.8) is 0 Å². The van der Waals surface area contributed by atoms with Crippen LogP contribution in [0, 0.1) is 0 Å². The summed E-state index contributed by atoms with van der Waals surface area (Å²) in [5.41, 5.74) is 3.63. The number of benzene rings is 2. The van der Waals surface area contributed by atoms with Gasteiger partial charge in [-0.3, -0.25) is 0 Å². The van der Waals surface area contributed by atoms with Gasteiger partial charge in [-0.25, -0.2) is 0 Å². The number of nitrogens with one attached hydrogen (secondary N) is 1. The van der Waals surface area contributed by atoms with Gasteiger partial charge in [0, 0.05) is 6.54 Å². The van der Waals surface area contributed by atoms with Gasteiger partial charge >= 0.3 is 0 Å². The largest absolute Gasteiger partial charge is 0.493 e. The Labute approximate surface area is 155 Å². The molecule has 26 heavy (non-hydrogen) atoms. The maximum absolute atomic E-state index is 5.79. The Morgan fingerprint density at radius 2 is 1.58 bits per heavy atom. The van der Waals surface area contributed by atoms with E-state index in [-0.39, 0.29) is 6.04 Å². The van der Waals surface area contributed by atoms with Gasteiger partial charge in [0.25, 0.3) is 0 Å². The van der Waals surface area contributed by atoms with Crippen molar-refractivity contribution in [2.45, 2.75) is 26.3 Å². The van der Waals surface area contributed by atoms with Crippen LogP contribution >= 0.6 is 0 Å². The lowest BCUT2D eigenvalue weighted by atomic mass is 9.89. The summed E-state index contributed by atoms with van der Waals surface area (Å²) in [7, 11) is 3.34. The second-order valence-electron chi connectivity index (χ2n) is 6.12. The third-order valence-electron chi connectivity index (χ3n) is 4.60. The van der Waals surface area contributed by atoms with E-state index < -0.39 is 0 Å². The van der Waals surface area contributed by atoms with Gasteiger partial charge in [-0.2, -0.15) is 0 Å². The Morgan fingerprint density at radius 1 is 0.885 bits per heavy atom. The fourth-order valence-corrected chi connectivity index (χ4v) is 3.43. The minimum atomic E-state index is 0.0773. The minimum absolute atomic E-state index is 0.0773. The minimum Gasteiger partial charge on any atom is -0.493 e. The molecule has 1 atom stereocenters. The molecule has 0 saturated heterocycles.